The third-order valence-electron chi connectivity index (χ3n) is 3.69. The van der Waals surface area contributed by atoms with Gasteiger partial charge in [0, 0.05) is 31.5 Å². The lowest BCUT2D eigenvalue weighted by molar-refractivity contribution is -0.140. The van der Waals surface area contributed by atoms with Crippen LogP contribution >= 0.6 is 0 Å². The van der Waals surface area contributed by atoms with E-state index in [0.717, 1.165) is 10.4 Å². The van der Waals surface area contributed by atoms with Gasteiger partial charge in [-0.05, 0) is 31.2 Å². The van der Waals surface area contributed by atoms with Crippen LogP contribution in [0.3, 0.4) is 0 Å². The van der Waals surface area contributed by atoms with Gasteiger partial charge in [-0.3, -0.25) is 9.59 Å². The fourth-order valence-electron chi connectivity index (χ4n) is 2.33. The second kappa shape index (κ2) is 7.67. The number of nitrogens with zero attached hydrogens (tertiary/aromatic N) is 1. The van der Waals surface area contributed by atoms with Crippen LogP contribution in [0.25, 0.3) is 11.0 Å². The highest BCUT2D eigenvalue weighted by Gasteiger charge is 2.32. The number of carbonyl (C=O) groups excluding carboxylic acids is 1. The maximum Gasteiger partial charge on any atom is 0.336 e. The summed E-state index contributed by atoms with van der Waals surface area (Å²) < 4.78 is 31.6. The SMILES string of the molecule is CC(=O)NCCN(C(C)C(=O)O)S(=O)(=O)c1ccc2oc(=O)ccc2c1. The second-order valence-corrected chi connectivity index (χ2v) is 7.46. The summed E-state index contributed by atoms with van der Waals surface area (Å²) in [5, 5.41) is 12.1. The van der Waals surface area contributed by atoms with Crippen LogP contribution in [0.1, 0.15) is 13.8 Å². The van der Waals surface area contributed by atoms with Crippen molar-refractivity contribution in [1.29, 1.82) is 0 Å². The number of carboxylic acids is 1. The summed E-state index contributed by atoms with van der Waals surface area (Å²) in [4.78, 5) is 33.4. The van der Waals surface area contributed by atoms with E-state index in [1.54, 1.807) is 0 Å². The first-order valence-corrected chi connectivity index (χ1v) is 9.10. The third kappa shape index (κ3) is 4.27. The van der Waals surface area contributed by atoms with Gasteiger partial charge in [-0.15, -0.1) is 0 Å². The standard InChI is InChI=1S/C16H18N2O7S/c1-10(16(21)22)18(8-7-17-11(2)19)26(23,24)13-4-5-14-12(9-13)3-6-15(20)25-14/h3-6,9-10H,7-8H2,1-2H3,(H,17,19)(H,21,22). The number of fused-ring (bicyclic) bond motifs is 1. The van der Waals surface area contributed by atoms with E-state index in [0.29, 0.717) is 5.39 Å². The molecular formula is C16H18N2O7S. The first-order valence-electron chi connectivity index (χ1n) is 7.66. The van der Waals surface area contributed by atoms with Crippen LogP contribution in [0.15, 0.2) is 44.4 Å². The van der Waals surface area contributed by atoms with E-state index >= 15 is 0 Å². The van der Waals surface area contributed by atoms with Crippen molar-refractivity contribution in [3.05, 3.63) is 40.8 Å². The largest absolute Gasteiger partial charge is 0.480 e. The smallest absolute Gasteiger partial charge is 0.336 e. The lowest BCUT2D eigenvalue weighted by Crippen LogP contribution is -2.46. The molecule has 140 valence electrons. The zero-order valence-electron chi connectivity index (χ0n) is 14.1. The molecule has 9 nitrogen and oxygen atoms in total. The number of nitrogens with one attached hydrogen (secondary N) is 1. The Morgan fingerprint density at radius 2 is 1.96 bits per heavy atom. The lowest BCUT2D eigenvalue weighted by Gasteiger charge is -2.25. The number of aliphatic carboxylic acids is 1. The molecule has 0 spiro atoms. The molecule has 0 fully saturated rings. The van der Waals surface area contributed by atoms with Crippen LogP contribution in [-0.2, 0) is 19.6 Å². The second-order valence-electron chi connectivity index (χ2n) is 5.57. The summed E-state index contributed by atoms with van der Waals surface area (Å²) in [6.07, 6.45) is 0. The number of carboxylic acid groups (broad SMARTS) is 1. The van der Waals surface area contributed by atoms with E-state index in [-0.39, 0.29) is 29.5 Å². The van der Waals surface area contributed by atoms with Gasteiger partial charge in [0.25, 0.3) is 0 Å². The van der Waals surface area contributed by atoms with Crippen LogP contribution < -0.4 is 10.9 Å². The van der Waals surface area contributed by atoms with Gasteiger partial charge in [0.2, 0.25) is 15.9 Å². The Balaban J connectivity index is 2.44. The van der Waals surface area contributed by atoms with Crippen molar-refractivity contribution >= 4 is 32.9 Å². The molecule has 2 aromatic rings. The summed E-state index contributed by atoms with van der Waals surface area (Å²) in [6, 6.07) is 5.11. The predicted octanol–water partition coefficient (Wildman–Crippen LogP) is 0.393. The minimum absolute atomic E-state index is 0.0331. The molecule has 26 heavy (non-hydrogen) atoms. The molecule has 0 saturated carbocycles. The number of carbonyl (C=O) groups is 2. The van der Waals surface area contributed by atoms with Crippen LogP contribution in [-0.4, -0.2) is 48.8 Å². The molecule has 0 bridgehead atoms. The molecule has 1 atom stereocenters. The highest BCUT2D eigenvalue weighted by Crippen LogP contribution is 2.22. The molecule has 0 aliphatic carbocycles. The molecule has 0 aliphatic rings. The minimum atomic E-state index is -4.16. The molecule has 1 aromatic carbocycles. The topological polar surface area (TPSA) is 134 Å². The molecule has 1 unspecified atom stereocenters. The number of hydrogen-bond donors (Lipinski definition) is 2. The number of hydrogen-bond acceptors (Lipinski definition) is 6. The van der Waals surface area contributed by atoms with Crippen molar-refractivity contribution in [3.8, 4) is 0 Å². The molecular weight excluding hydrogens is 364 g/mol. The van der Waals surface area contributed by atoms with Crippen molar-refractivity contribution in [3.63, 3.8) is 0 Å². The fourth-order valence-corrected chi connectivity index (χ4v) is 3.96. The average Bonchev–Trinajstić information content (AvgIpc) is 2.57. The summed E-state index contributed by atoms with van der Waals surface area (Å²) in [6.45, 7) is 2.27. The van der Waals surface area contributed by atoms with E-state index in [1.165, 1.54) is 38.1 Å². The zero-order chi connectivity index (χ0) is 19.5. The van der Waals surface area contributed by atoms with E-state index in [1.807, 2.05) is 0 Å². The van der Waals surface area contributed by atoms with E-state index < -0.39 is 27.7 Å². The van der Waals surface area contributed by atoms with E-state index in [9.17, 15) is 27.9 Å². The average molecular weight is 382 g/mol. The summed E-state index contributed by atoms with van der Waals surface area (Å²) >= 11 is 0. The van der Waals surface area contributed by atoms with Gasteiger partial charge in [0.05, 0.1) is 4.90 Å². The van der Waals surface area contributed by atoms with Gasteiger partial charge in [-0.1, -0.05) is 0 Å². The van der Waals surface area contributed by atoms with Gasteiger partial charge in [-0.2, -0.15) is 4.31 Å². The maximum atomic E-state index is 12.9. The molecule has 0 saturated heterocycles. The van der Waals surface area contributed by atoms with Crippen molar-refractivity contribution in [1.82, 2.24) is 9.62 Å². The van der Waals surface area contributed by atoms with Crippen molar-refractivity contribution in [2.45, 2.75) is 24.8 Å². The Bertz CT molecular complexity index is 997. The molecule has 0 aliphatic heterocycles. The Kier molecular flexibility index (Phi) is 5.78. The third-order valence-corrected chi connectivity index (χ3v) is 5.66. The Hall–Kier alpha value is -2.72. The van der Waals surface area contributed by atoms with E-state index in [4.69, 9.17) is 4.42 Å². The quantitative estimate of drug-likeness (QED) is 0.662. The number of amides is 1. The summed E-state index contributed by atoms with van der Waals surface area (Å²) in [7, 11) is -4.16. The van der Waals surface area contributed by atoms with E-state index in [2.05, 4.69) is 5.32 Å². The zero-order valence-corrected chi connectivity index (χ0v) is 14.9. The van der Waals surface area contributed by atoms with Crippen molar-refractivity contribution in [2.24, 2.45) is 0 Å². The fraction of sp³-hybridized carbons (Fsp3) is 0.312. The Morgan fingerprint density at radius 3 is 2.58 bits per heavy atom. The molecule has 2 N–H and O–H groups in total. The minimum Gasteiger partial charge on any atom is -0.480 e. The Morgan fingerprint density at radius 1 is 1.27 bits per heavy atom. The lowest BCUT2D eigenvalue weighted by atomic mass is 10.2. The molecule has 1 heterocycles. The van der Waals surface area contributed by atoms with Crippen LogP contribution in [0.4, 0.5) is 0 Å². The van der Waals surface area contributed by atoms with Crippen LogP contribution in [0, 0.1) is 0 Å². The first-order chi connectivity index (χ1) is 12.1. The predicted molar refractivity (Wildman–Crippen MR) is 92.2 cm³/mol. The summed E-state index contributed by atoms with van der Waals surface area (Å²) in [5.41, 5.74) is -0.350. The van der Waals surface area contributed by atoms with Crippen LogP contribution in [0.5, 0.6) is 0 Å². The monoisotopic (exact) mass is 382 g/mol. The van der Waals surface area contributed by atoms with Crippen LogP contribution in [0.2, 0.25) is 0 Å². The number of rotatable bonds is 7. The normalized spacial score (nSPS) is 12.9. The molecule has 2 rings (SSSR count). The van der Waals surface area contributed by atoms with Gasteiger partial charge < -0.3 is 14.8 Å². The maximum absolute atomic E-state index is 12.9. The van der Waals surface area contributed by atoms with Gasteiger partial charge in [0.15, 0.2) is 0 Å². The first kappa shape index (κ1) is 19.6. The molecule has 0 radical (unpaired) electrons. The number of benzene rings is 1. The van der Waals surface area contributed by atoms with Crippen molar-refractivity contribution < 1.29 is 27.5 Å². The van der Waals surface area contributed by atoms with Crippen molar-refractivity contribution in [2.75, 3.05) is 13.1 Å². The van der Waals surface area contributed by atoms with Gasteiger partial charge in [-0.25, -0.2) is 13.2 Å². The molecule has 1 aromatic heterocycles. The molecule has 10 heteroatoms. The summed E-state index contributed by atoms with van der Waals surface area (Å²) in [5.74, 6) is -1.67. The highest BCUT2D eigenvalue weighted by atomic mass is 32.2. The van der Waals surface area contributed by atoms with Gasteiger partial charge >= 0.3 is 11.6 Å². The Labute approximate surface area is 149 Å². The molecule has 1 amide bonds. The van der Waals surface area contributed by atoms with Gasteiger partial charge in [0.1, 0.15) is 11.6 Å². The highest BCUT2D eigenvalue weighted by molar-refractivity contribution is 7.89. The number of sulfonamides is 1.